The molecular weight excluding hydrogens is 368 g/mol. The zero-order valence-electron chi connectivity index (χ0n) is 14.4. The lowest BCUT2D eigenvalue weighted by Gasteiger charge is -2.15. The Hall–Kier alpha value is -2.28. The summed E-state index contributed by atoms with van der Waals surface area (Å²) in [6.07, 6.45) is 0. The van der Waals surface area contributed by atoms with Gasteiger partial charge in [-0.3, -0.25) is 4.90 Å². The molecule has 0 aliphatic rings. The topological polar surface area (TPSA) is 55.1 Å². The lowest BCUT2D eigenvalue weighted by Crippen LogP contribution is -2.18. The van der Waals surface area contributed by atoms with Gasteiger partial charge in [0.25, 0.3) is 0 Å². The summed E-state index contributed by atoms with van der Waals surface area (Å²) in [4.78, 5) is 6.87. The van der Waals surface area contributed by atoms with Crippen LogP contribution >= 0.6 is 23.3 Å². The van der Waals surface area contributed by atoms with Crippen molar-refractivity contribution in [2.75, 3.05) is 7.05 Å². The molecule has 0 atom stereocenters. The number of nitrogens with zero attached hydrogens (tertiary/aromatic N) is 4. The molecule has 4 aromatic rings. The monoisotopic (exact) mass is 384 g/mol. The second-order valence-electron chi connectivity index (χ2n) is 6.29. The van der Waals surface area contributed by atoms with Crippen LogP contribution in [0.3, 0.4) is 0 Å². The van der Waals surface area contributed by atoms with Crippen LogP contribution in [-0.4, -0.2) is 25.7 Å². The lowest BCUT2D eigenvalue weighted by molar-refractivity contribution is 0.313. The Bertz CT molecular complexity index is 1040. The third kappa shape index (κ3) is 3.62. The molecule has 2 aromatic carbocycles. The van der Waals surface area contributed by atoms with Gasteiger partial charge >= 0.3 is 0 Å². The number of hydrogen-bond donors (Lipinski definition) is 0. The maximum atomic E-state index is 5.95. The molecule has 0 amide bonds. The Morgan fingerprint density at radius 1 is 1.04 bits per heavy atom. The predicted octanol–water partition coefficient (Wildman–Crippen LogP) is 4.94. The molecule has 4 rings (SSSR count). The van der Waals surface area contributed by atoms with E-state index in [0.717, 1.165) is 34.6 Å². The molecule has 0 N–H and O–H groups in total. The molecule has 2 heterocycles. The van der Waals surface area contributed by atoms with E-state index in [1.165, 1.54) is 17.3 Å². The molecular formula is C19H17ClN4OS. The van der Waals surface area contributed by atoms with Crippen LogP contribution in [0.1, 0.15) is 17.0 Å². The van der Waals surface area contributed by atoms with E-state index < -0.39 is 0 Å². The zero-order valence-corrected chi connectivity index (χ0v) is 16.0. The fraction of sp³-hybridized carbons (Fsp3) is 0.211. The minimum Gasteiger partial charge on any atom is -0.441 e. The minimum absolute atomic E-state index is 0.623. The highest BCUT2D eigenvalue weighted by molar-refractivity contribution is 7.00. The molecule has 0 unspecified atom stereocenters. The molecule has 0 aliphatic heterocycles. The SMILES string of the molecule is Cc1oc(-c2ccc(Cl)cc2)nc1CN(C)Cc1ccc2nsnc2c1. The fourth-order valence-electron chi connectivity index (χ4n) is 2.84. The van der Waals surface area contributed by atoms with Gasteiger partial charge < -0.3 is 4.42 Å². The first kappa shape index (κ1) is 17.1. The third-order valence-electron chi connectivity index (χ3n) is 4.17. The quantitative estimate of drug-likeness (QED) is 0.487. The second-order valence-corrected chi connectivity index (χ2v) is 7.25. The zero-order chi connectivity index (χ0) is 18.1. The van der Waals surface area contributed by atoms with Crippen LogP contribution in [0.15, 0.2) is 46.9 Å². The normalized spacial score (nSPS) is 11.5. The highest BCUT2D eigenvalue weighted by Gasteiger charge is 2.14. The molecule has 0 saturated heterocycles. The maximum absolute atomic E-state index is 5.95. The van der Waals surface area contributed by atoms with Crippen molar-refractivity contribution in [1.82, 2.24) is 18.6 Å². The van der Waals surface area contributed by atoms with Crippen LogP contribution in [0.4, 0.5) is 0 Å². The van der Waals surface area contributed by atoms with Gasteiger partial charge in [0.2, 0.25) is 5.89 Å². The van der Waals surface area contributed by atoms with Crippen LogP contribution in [0, 0.1) is 6.92 Å². The standard InChI is InChI=1S/C19H17ClN4OS/c1-12-18(21-19(25-12)14-4-6-15(20)7-5-14)11-24(2)10-13-3-8-16-17(9-13)23-26-22-16/h3-9H,10-11H2,1-2H3. The Labute approximate surface area is 160 Å². The van der Waals surface area contributed by atoms with E-state index in [0.29, 0.717) is 17.5 Å². The number of aromatic nitrogens is 3. The van der Waals surface area contributed by atoms with Crippen molar-refractivity contribution >= 4 is 34.4 Å². The first-order valence-electron chi connectivity index (χ1n) is 8.20. The van der Waals surface area contributed by atoms with Gasteiger partial charge in [-0.05, 0) is 55.9 Å². The summed E-state index contributed by atoms with van der Waals surface area (Å²) >= 11 is 7.19. The summed E-state index contributed by atoms with van der Waals surface area (Å²) in [7, 11) is 2.07. The number of hydrogen-bond acceptors (Lipinski definition) is 6. The lowest BCUT2D eigenvalue weighted by atomic mass is 10.2. The molecule has 0 aliphatic carbocycles. The van der Waals surface area contributed by atoms with Crippen LogP contribution in [0.5, 0.6) is 0 Å². The summed E-state index contributed by atoms with van der Waals surface area (Å²) in [5, 5.41) is 0.698. The number of halogens is 1. The molecule has 0 fully saturated rings. The van der Waals surface area contributed by atoms with Crippen molar-refractivity contribution in [2.45, 2.75) is 20.0 Å². The number of oxazole rings is 1. The van der Waals surface area contributed by atoms with E-state index in [4.69, 9.17) is 16.0 Å². The number of rotatable bonds is 5. The maximum Gasteiger partial charge on any atom is 0.226 e. The average molecular weight is 385 g/mol. The second kappa shape index (κ2) is 7.15. The molecule has 5 nitrogen and oxygen atoms in total. The highest BCUT2D eigenvalue weighted by Crippen LogP contribution is 2.24. The average Bonchev–Trinajstić information content (AvgIpc) is 3.22. The van der Waals surface area contributed by atoms with E-state index >= 15 is 0 Å². The van der Waals surface area contributed by atoms with Gasteiger partial charge in [0.1, 0.15) is 16.8 Å². The fourth-order valence-corrected chi connectivity index (χ4v) is 3.48. The first-order valence-corrected chi connectivity index (χ1v) is 9.31. The highest BCUT2D eigenvalue weighted by atomic mass is 35.5. The Morgan fingerprint density at radius 3 is 2.62 bits per heavy atom. The largest absolute Gasteiger partial charge is 0.441 e. The van der Waals surface area contributed by atoms with Gasteiger partial charge in [0, 0.05) is 23.7 Å². The summed E-state index contributed by atoms with van der Waals surface area (Å²) in [5.41, 5.74) is 4.96. The minimum atomic E-state index is 0.623. The van der Waals surface area contributed by atoms with Crippen molar-refractivity contribution in [3.05, 3.63) is 64.5 Å². The molecule has 0 saturated carbocycles. The van der Waals surface area contributed by atoms with Crippen molar-refractivity contribution in [2.24, 2.45) is 0 Å². The van der Waals surface area contributed by atoms with Crippen LogP contribution in [0.25, 0.3) is 22.5 Å². The Morgan fingerprint density at radius 2 is 1.81 bits per heavy atom. The first-order chi connectivity index (χ1) is 12.6. The van der Waals surface area contributed by atoms with Crippen molar-refractivity contribution < 1.29 is 4.42 Å². The summed E-state index contributed by atoms with van der Waals surface area (Å²) < 4.78 is 14.4. The molecule has 0 spiro atoms. The van der Waals surface area contributed by atoms with Crippen LogP contribution in [-0.2, 0) is 13.1 Å². The Balaban J connectivity index is 1.48. The van der Waals surface area contributed by atoms with Crippen LogP contribution in [0.2, 0.25) is 5.02 Å². The third-order valence-corrected chi connectivity index (χ3v) is 4.98. The van der Waals surface area contributed by atoms with Gasteiger partial charge in [0.05, 0.1) is 17.4 Å². The molecule has 0 bridgehead atoms. The number of fused-ring (bicyclic) bond motifs is 1. The van der Waals surface area contributed by atoms with Crippen molar-refractivity contribution in [3.63, 3.8) is 0 Å². The van der Waals surface area contributed by atoms with Gasteiger partial charge in [0.15, 0.2) is 0 Å². The summed E-state index contributed by atoms with van der Waals surface area (Å²) in [6, 6.07) is 13.7. The van der Waals surface area contributed by atoms with Gasteiger partial charge in [-0.2, -0.15) is 8.75 Å². The van der Waals surface area contributed by atoms with Crippen LogP contribution < -0.4 is 0 Å². The van der Waals surface area contributed by atoms with E-state index in [1.54, 1.807) is 0 Å². The van der Waals surface area contributed by atoms with E-state index in [2.05, 4.69) is 37.8 Å². The summed E-state index contributed by atoms with van der Waals surface area (Å²) in [5.74, 6) is 1.46. The number of benzene rings is 2. The smallest absolute Gasteiger partial charge is 0.226 e. The van der Waals surface area contributed by atoms with Crippen molar-refractivity contribution in [3.8, 4) is 11.5 Å². The molecule has 26 heavy (non-hydrogen) atoms. The van der Waals surface area contributed by atoms with E-state index in [9.17, 15) is 0 Å². The van der Waals surface area contributed by atoms with E-state index in [-0.39, 0.29) is 0 Å². The van der Waals surface area contributed by atoms with Gasteiger partial charge in [-0.25, -0.2) is 4.98 Å². The molecule has 132 valence electrons. The molecule has 7 heteroatoms. The molecule has 2 aromatic heterocycles. The van der Waals surface area contributed by atoms with Gasteiger partial charge in [-0.1, -0.05) is 17.7 Å². The van der Waals surface area contributed by atoms with Gasteiger partial charge in [-0.15, -0.1) is 0 Å². The van der Waals surface area contributed by atoms with Crippen molar-refractivity contribution in [1.29, 1.82) is 0 Å². The van der Waals surface area contributed by atoms with E-state index in [1.807, 2.05) is 37.3 Å². The Kier molecular flexibility index (Phi) is 4.72. The number of aryl methyl sites for hydroxylation is 1. The molecule has 0 radical (unpaired) electrons. The summed E-state index contributed by atoms with van der Waals surface area (Å²) in [6.45, 7) is 3.45. The predicted molar refractivity (Wildman–Crippen MR) is 104 cm³/mol.